The molecule has 2 N–H and O–H groups in total. The van der Waals surface area contributed by atoms with E-state index < -0.39 is 18.4 Å². The Hall–Kier alpha value is -2.93. The van der Waals surface area contributed by atoms with Crippen molar-refractivity contribution in [2.75, 3.05) is 11.9 Å². The van der Waals surface area contributed by atoms with E-state index in [4.69, 9.17) is 21.4 Å². The van der Waals surface area contributed by atoms with Gasteiger partial charge in [-0.25, -0.2) is 9.18 Å². The highest BCUT2D eigenvalue weighted by atomic mass is 35.5. The van der Waals surface area contributed by atoms with Gasteiger partial charge >= 0.3 is 12.0 Å². The van der Waals surface area contributed by atoms with Gasteiger partial charge in [0.2, 0.25) is 0 Å². The predicted octanol–water partition coefficient (Wildman–Crippen LogP) is 3.63. The zero-order valence-electron chi connectivity index (χ0n) is 12.2. The van der Waals surface area contributed by atoms with Gasteiger partial charge in [-0.1, -0.05) is 23.7 Å². The Morgan fingerprint density at radius 2 is 2.04 bits per heavy atom. The molecule has 0 spiro atoms. The number of ether oxygens (including phenoxy) is 1. The van der Waals surface area contributed by atoms with E-state index >= 15 is 0 Å². The van der Waals surface area contributed by atoms with Gasteiger partial charge in [-0.3, -0.25) is 0 Å². The fourth-order valence-corrected chi connectivity index (χ4v) is 2.23. The van der Waals surface area contributed by atoms with Gasteiger partial charge in [-0.15, -0.1) is 0 Å². The van der Waals surface area contributed by atoms with Crippen molar-refractivity contribution in [1.82, 2.24) is 9.97 Å². The number of aromatic nitrogens is 2. The van der Waals surface area contributed by atoms with Gasteiger partial charge < -0.3 is 15.2 Å². The molecule has 0 aliphatic carbocycles. The Labute approximate surface area is 140 Å². The minimum absolute atomic E-state index is 0.0271. The van der Waals surface area contributed by atoms with E-state index in [9.17, 15) is 9.18 Å². The topological polar surface area (TPSA) is 84.3 Å². The second kappa shape index (κ2) is 6.67. The van der Waals surface area contributed by atoms with Crippen LogP contribution in [0.3, 0.4) is 0 Å². The Balaban J connectivity index is 2.00. The van der Waals surface area contributed by atoms with Gasteiger partial charge in [0, 0.05) is 11.1 Å². The number of hydrogen-bond donors (Lipinski definition) is 2. The zero-order chi connectivity index (χ0) is 17.1. The van der Waals surface area contributed by atoms with Crippen LogP contribution in [0.1, 0.15) is 0 Å². The molecule has 1 aromatic heterocycles. The van der Waals surface area contributed by atoms with Crippen LogP contribution in [0.25, 0.3) is 10.9 Å². The van der Waals surface area contributed by atoms with E-state index in [1.165, 1.54) is 18.2 Å². The largest absolute Gasteiger partial charge is 0.479 e. The van der Waals surface area contributed by atoms with Crippen molar-refractivity contribution in [1.29, 1.82) is 0 Å². The van der Waals surface area contributed by atoms with Crippen LogP contribution in [-0.2, 0) is 4.79 Å². The van der Waals surface area contributed by atoms with Crippen LogP contribution in [0.5, 0.6) is 6.01 Å². The number of hydrogen-bond acceptors (Lipinski definition) is 5. The van der Waals surface area contributed by atoms with E-state index in [1.807, 2.05) is 6.07 Å². The van der Waals surface area contributed by atoms with E-state index in [1.54, 1.807) is 18.2 Å². The van der Waals surface area contributed by atoms with Gasteiger partial charge in [-0.05, 0) is 30.3 Å². The number of fused-ring (bicyclic) bond motifs is 1. The molecule has 0 aliphatic rings. The fraction of sp³-hybridized carbons (Fsp3) is 0.0625. The second-order valence-electron chi connectivity index (χ2n) is 4.81. The molecule has 2 aromatic carbocycles. The molecule has 3 aromatic rings. The molecule has 1 heterocycles. The maximum Gasteiger partial charge on any atom is 0.341 e. The summed E-state index contributed by atoms with van der Waals surface area (Å²) in [4.78, 5) is 19.0. The molecule has 0 unspecified atom stereocenters. The summed E-state index contributed by atoms with van der Waals surface area (Å²) in [5.74, 6) is -1.27. The number of benzene rings is 2. The monoisotopic (exact) mass is 347 g/mol. The molecule has 0 radical (unpaired) electrons. The summed E-state index contributed by atoms with van der Waals surface area (Å²) in [5, 5.41) is 12.4. The van der Waals surface area contributed by atoms with Crippen molar-refractivity contribution in [3.8, 4) is 6.01 Å². The third kappa shape index (κ3) is 3.52. The lowest BCUT2D eigenvalue weighted by molar-refractivity contribution is -0.139. The second-order valence-corrected chi connectivity index (χ2v) is 5.22. The molecule has 0 atom stereocenters. The van der Waals surface area contributed by atoms with Crippen molar-refractivity contribution >= 4 is 40.0 Å². The average molecular weight is 348 g/mol. The fourth-order valence-electron chi connectivity index (χ4n) is 2.05. The number of anilines is 2. The summed E-state index contributed by atoms with van der Waals surface area (Å²) < 4.78 is 18.3. The molecule has 0 amide bonds. The predicted molar refractivity (Wildman–Crippen MR) is 87.4 cm³/mol. The smallest absolute Gasteiger partial charge is 0.341 e. The number of aliphatic carboxylic acids is 1. The quantitative estimate of drug-likeness (QED) is 0.733. The standard InChI is InChI=1S/C16H11ClFN3O3/c17-11-7-9(5-6-12(11)18)19-15-10-3-1-2-4-13(10)20-16(21-15)24-8-14(22)23/h1-7H,8H2,(H,22,23)(H,19,20,21). The van der Waals surface area contributed by atoms with E-state index in [2.05, 4.69) is 15.3 Å². The van der Waals surface area contributed by atoms with E-state index in [0.29, 0.717) is 22.4 Å². The van der Waals surface area contributed by atoms with Crippen LogP contribution < -0.4 is 10.1 Å². The Kier molecular flexibility index (Phi) is 4.43. The summed E-state index contributed by atoms with van der Waals surface area (Å²) in [6.07, 6.45) is 0. The molecule has 0 aliphatic heterocycles. The molecule has 6 nitrogen and oxygen atoms in total. The number of nitrogens with one attached hydrogen (secondary N) is 1. The summed E-state index contributed by atoms with van der Waals surface area (Å²) in [7, 11) is 0. The maximum atomic E-state index is 13.3. The molecular weight excluding hydrogens is 337 g/mol. The van der Waals surface area contributed by atoms with Crippen molar-refractivity contribution < 1.29 is 19.0 Å². The third-order valence-corrected chi connectivity index (χ3v) is 3.38. The van der Waals surface area contributed by atoms with Crippen LogP contribution in [-0.4, -0.2) is 27.7 Å². The Bertz CT molecular complexity index is 920. The number of nitrogens with zero attached hydrogens (tertiary/aromatic N) is 2. The Morgan fingerprint density at radius 1 is 1.25 bits per heavy atom. The first-order valence-electron chi connectivity index (χ1n) is 6.86. The van der Waals surface area contributed by atoms with E-state index in [-0.39, 0.29) is 11.0 Å². The minimum Gasteiger partial charge on any atom is -0.479 e. The molecule has 0 fully saturated rings. The normalized spacial score (nSPS) is 10.6. The van der Waals surface area contributed by atoms with Crippen molar-refractivity contribution in [2.24, 2.45) is 0 Å². The Morgan fingerprint density at radius 3 is 2.79 bits per heavy atom. The molecule has 24 heavy (non-hydrogen) atoms. The lowest BCUT2D eigenvalue weighted by Gasteiger charge is -2.11. The number of carboxylic acid groups (broad SMARTS) is 1. The van der Waals surface area contributed by atoms with Crippen LogP contribution in [0.15, 0.2) is 42.5 Å². The van der Waals surface area contributed by atoms with E-state index in [0.717, 1.165) is 0 Å². The maximum absolute atomic E-state index is 13.3. The zero-order valence-corrected chi connectivity index (χ0v) is 12.9. The first-order chi connectivity index (χ1) is 11.5. The highest BCUT2D eigenvalue weighted by Gasteiger charge is 2.11. The van der Waals surface area contributed by atoms with Gasteiger partial charge in [0.25, 0.3) is 0 Å². The van der Waals surface area contributed by atoms with Gasteiger partial charge in [0.15, 0.2) is 6.61 Å². The minimum atomic E-state index is -1.13. The summed E-state index contributed by atoms with van der Waals surface area (Å²) in [5.41, 5.74) is 1.10. The molecule has 8 heteroatoms. The van der Waals surface area contributed by atoms with Crippen molar-refractivity contribution in [2.45, 2.75) is 0 Å². The van der Waals surface area contributed by atoms with Crippen LogP contribution >= 0.6 is 11.6 Å². The SMILES string of the molecule is O=C(O)COc1nc(Nc2ccc(F)c(Cl)c2)c2ccccc2n1. The lowest BCUT2D eigenvalue weighted by atomic mass is 10.2. The number of halogens is 2. The summed E-state index contributed by atoms with van der Waals surface area (Å²) in [6.45, 7) is -0.555. The first kappa shape index (κ1) is 15.9. The molecule has 0 bridgehead atoms. The third-order valence-electron chi connectivity index (χ3n) is 3.09. The summed E-state index contributed by atoms with van der Waals surface area (Å²) in [6, 6.07) is 11.2. The number of para-hydroxylation sites is 1. The average Bonchev–Trinajstić information content (AvgIpc) is 2.56. The van der Waals surface area contributed by atoms with Crippen LogP contribution in [0, 0.1) is 5.82 Å². The van der Waals surface area contributed by atoms with Gasteiger partial charge in [0.1, 0.15) is 11.6 Å². The molecule has 0 saturated heterocycles. The highest BCUT2D eigenvalue weighted by Crippen LogP contribution is 2.27. The molecule has 3 rings (SSSR count). The van der Waals surface area contributed by atoms with Gasteiger partial charge in [0.05, 0.1) is 10.5 Å². The van der Waals surface area contributed by atoms with Crippen molar-refractivity contribution in [3.63, 3.8) is 0 Å². The molecular formula is C16H11ClFN3O3. The molecule has 0 saturated carbocycles. The lowest BCUT2D eigenvalue weighted by Crippen LogP contribution is -2.11. The van der Waals surface area contributed by atoms with Crippen LogP contribution in [0.4, 0.5) is 15.9 Å². The number of rotatable bonds is 5. The summed E-state index contributed by atoms with van der Waals surface area (Å²) >= 11 is 5.78. The number of carboxylic acids is 1. The number of carbonyl (C=O) groups is 1. The van der Waals surface area contributed by atoms with Crippen molar-refractivity contribution in [3.05, 3.63) is 53.3 Å². The van der Waals surface area contributed by atoms with Gasteiger partial charge in [-0.2, -0.15) is 9.97 Å². The highest BCUT2D eigenvalue weighted by molar-refractivity contribution is 6.31. The molecule has 122 valence electrons. The first-order valence-corrected chi connectivity index (χ1v) is 7.24. The van der Waals surface area contributed by atoms with Crippen LogP contribution in [0.2, 0.25) is 5.02 Å².